The number of anilines is 2. The number of benzene rings is 1. The van der Waals surface area contributed by atoms with Gasteiger partial charge in [-0.25, -0.2) is 0 Å². The molecule has 0 aliphatic carbocycles. The van der Waals surface area contributed by atoms with Gasteiger partial charge in [-0.1, -0.05) is 13.3 Å². The van der Waals surface area contributed by atoms with Crippen LogP contribution in [0.5, 0.6) is 0 Å². The minimum atomic E-state index is -0.432. The molecule has 0 aromatic heterocycles. The lowest BCUT2D eigenvalue weighted by atomic mass is 9.97. The number of piperidine rings is 1. The molecular weight excluding hydrogens is 242 g/mol. The molecule has 1 fully saturated rings. The summed E-state index contributed by atoms with van der Waals surface area (Å²) in [6.07, 6.45) is 5.96. The van der Waals surface area contributed by atoms with E-state index in [1.807, 2.05) is 6.07 Å². The average molecular weight is 263 g/mol. The van der Waals surface area contributed by atoms with Crippen LogP contribution in [0.2, 0.25) is 0 Å². The van der Waals surface area contributed by atoms with Gasteiger partial charge in [-0.15, -0.1) is 0 Å². The summed E-state index contributed by atoms with van der Waals surface area (Å²) in [5.41, 5.74) is 7.04. The lowest BCUT2D eigenvalue weighted by Crippen LogP contribution is -2.39. The Labute approximate surface area is 113 Å². The van der Waals surface area contributed by atoms with Crippen LogP contribution in [-0.2, 0) is 0 Å². The van der Waals surface area contributed by atoms with E-state index >= 15 is 0 Å². The third-order valence-electron chi connectivity index (χ3n) is 3.79. The van der Waals surface area contributed by atoms with Gasteiger partial charge in [-0.05, 0) is 37.8 Å². The molecule has 104 valence electrons. The van der Waals surface area contributed by atoms with Crippen LogP contribution in [0, 0.1) is 10.1 Å². The molecule has 2 N–H and O–H groups in total. The summed E-state index contributed by atoms with van der Waals surface area (Å²) < 4.78 is 0. The Morgan fingerprint density at radius 3 is 2.89 bits per heavy atom. The molecule has 1 unspecified atom stereocenters. The van der Waals surface area contributed by atoms with Crippen molar-refractivity contribution in [1.82, 2.24) is 0 Å². The molecule has 0 saturated carbocycles. The van der Waals surface area contributed by atoms with Gasteiger partial charge >= 0.3 is 0 Å². The first kappa shape index (κ1) is 13.6. The van der Waals surface area contributed by atoms with Crippen LogP contribution >= 0.6 is 0 Å². The van der Waals surface area contributed by atoms with Crippen molar-refractivity contribution in [3.05, 3.63) is 28.3 Å². The quantitative estimate of drug-likeness (QED) is 0.513. The Balaban J connectivity index is 2.24. The summed E-state index contributed by atoms with van der Waals surface area (Å²) in [7, 11) is 0. The summed E-state index contributed by atoms with van der Waals surface area (Å²) >= 11 is 0. The highest BCUT2D eigenvalue weighted by atomic mass is 16.6. The number of rotatable bonds is 4. The predicted molar refractivity (Wildman–Crippen MR) is 77.4 cm³/mol. The molecule has 5 heteroatoms. The van der Waals surface area contributed by atoms with Crippen LogP contribution in [0.3, 0.4) is 0 Å². The van der Waals surface area contributed by atoms with Gasteiger partial charge in [-0.3, -0.25) is 10.1 Å². The fourth-order valence-electron chi connectivity index (χ4n) is 2.86. The molecule has 5 nitrogen and oxygen atoms in total. The number of nitrogens with zero attached hydrogens (tertiary/aromatic N) is 2. The lowest BCUT2D eigenvalue weighted by molar-refractivity contribution is -0.383. The molecular formula is C14H21N3O2. The van der Waals surface area contributed by atoms with Crippen LogP contribution in [0.1, 0.15) is 39.0 Å². The average Bonchev–Trinajstić information content (AvgIpc) is 2.39. The van der Waals surface area contributed by atoms with E-state index in [0.29, 0.717) is 6.04 Å². The SMILES string of the molecule is CCCC1CCCCN1c1ccc([N+](=O)[O-])c(N)c1. The van der Waals surface area contributed by atoms with Crippen molar-refractivity contribution in [2.75, 3.05) is 17.2 Å². The van der Waals surface area contributed by atoms with Gasteiger partial charge < -0.3 is 10.6 Å². The minimum absolute atomic E-state index is 0.00667. The molecule has 0 spiro atoms. The Bertz CT molecular complexity index is 460. The normalized spacial score (nSPS) is 19.4. The Morgan fingerprint density at radius 2 is 2.26 bits per heavy atom. The van der Waals surface area contributed by atoms with E-state index in [0.717, 1.165) is 25.1 Å². The van der Waals surface area contributed by atoms with Crippen molar-refractivity contribution >= 4 is 17.1 Å². The maximum atomic E-state index is 10.8. The van der Waals surface area contributed by atoms with Crippen molar-refractivity contribution in [3.8, 4) is 0 Å². The zero-order chi connectivity index (χ0) is 13.8. The van der Waals surface area contributed by atoms with Gasteiger partial charge in [0.1, 0.15) is 5.69 Å². The van der Waals surface area contributed by atoms with Crippen molar-refractivity contribution in [2.24, 2.45) is 0 Å². The molecule has 0 radical (unpaired) electrons. The van der Waals surface area contributed by atoms with Gasteiger partial charge in [0.15, 0.2) is 0 Å². The number of nitrogens with two attached hydrogens (primary N) is 1. The third-order valence-corrected chi connectivity index (χ3v) is 3.79. The molecule has 1 atom stereocenters. The molecule has 1 aromatic rings. The predicted octanol–water partition coefficient (Wildman–Crippen LogP) is 3.34. The monoisotopic (exact) mass is 263 g/mol. The standard InChI is InChI=1S/C14H21N3O2/c1-2-5-11-6-3-4-9-16(11)12-7-8-14(17(18)19)13(15)10-12/h7-8,10-11H,2-6,9,15H2,1H3. The van der Waals surface area contributed by atoms with E-state index in [2.05, 4.69) is 11.8 Å². The highest BCUT2D eigenvalue weighted by molar-refractivity contribution is 5.67. The second-order valence-corrected chi connectivity index (χ2v) is 5.13. The molecule has 1 aliphatic rings. The number of nitro benzene ring substituents is 1. The number of hydrogen-bond acceptors (Lipinski definition) is 4. The molecule has 19 heavy (non-hydrogen) atoms. The molecule has 1 aliphatic heterocycles. The molecule has 2 rings (SSSR count). The van der Waals surface area contributed by atoms with E-state index < -0.39 is 4.92 Å². The maximum absolute atomic E-state index is 10.8. The van der Waals surface area contributed by atoms with Crippen LogP contribution in [0.25, 0.3) is 0 Å². The topological polar surface area (TPSA) is 72.4 Å². The van der Waals surface area contributed by atoms with Crippen LogP contribution < -0.4 is 10.6 Å². The molecule has 1 heterocycles. The van der Waals surface area contributed by atoms with Gasteiger partial charge in [0.25, 0.3) is 5.69 Å². The van der Waals surface area contributed by atoms with E-state index in [4.69, 9.17) is 5.73 Å². The summed E-state index contributed by atoms with van der Waals surface area (Å²) in [6, 6.07) is 5.62. The minimum Gasteiger partial charge on any atom is -0.393 e. The van der Waals surface area contributed by atoms with Crippen molar-refractivity contribution in [3.63, 3.8) is 0 Å². The second kappa shape index (κ2) is 5.91. The second-order valence-electron chi connectivity index (χ2n) is 5.13. The zero-order valence-corrected chi connectivity index (χ0v) is 11.3. The highest BCUT2D eigenvalue weighted by Gasteiger charge is 2.23. The first-order chi connectivity index (χ1) is 9.13. The summed E-state index contributed by atoms with van der Waals surface area (Å²) in [6.45, 7) is 3.21. The Kier molecular flexibility index (Phi) is 4.24. The van der Waals surface area contributed by atoms with Crippen LogP contribution in [0.15, 0.2) is 18.2 Å². The largest absolute Gasteiger partial charge is 0.393 e. The van der Waals surface area contributed by atoms with Gasteiger partial charge in [-0.2, -0.15) is 0 Å². The summed E-state index contributed by atoms with van der Waals surface area (Å²) in [5, 5.41) is 10.8. The van der Waals surface area contributed by atoms with Crippen molar-refractivity contribution < 1.29 is 4.92 Å². The van der Waals surface area contributed by atoms with E-state index in [-0.39, 0.29) is 11.4 Å². The molecule has 0 bridgehead atoms. The van der Waals surface area contributed by atoms with Crippen molar-refractivity contribution in [1.29, 1.82) is 0 Å². The molecule has 0 amide bonds. The van der Waals surface area contributed by atoms with Gasteiger partial charge in [0, 0.05) is 24.3 Å². The third kappa shape index (κ3) is 2.97. The highest BCUT2D eigenvalue weighted by Crippen LogP contribution is 2.31. The van der Waals surface area contributed by atoms with Gasteiger partial charge in [0.2, 0.25) is 0 Å². The fourth-order valence-corrected chi connectivity index (χ4v) is 2.86. The lowest BCUT2D eigenvalue weighted by Gasteiger charge is -2.37. The molecule has 1 saturated heterocycles. The zero-order valence-electron chi connectivity index (χ0n) is 11.3. The maximum Gasteiger partial charge on any atom is 0.292 e. The number of nitrogen functional groups attached to an aromatic ring is 1. The smallest absolute Gasteiger partial charge is 0.292 e. The summed E-state index contributed by atoms with van der Waals surface area (Å²) in [5.74, 6) is 0. The number of hydrogen-bond donors (Lipinski definition) is 1. The first-order valence-electron chi connectivity index (χ1n) is 6.94. The Morgan fingerprint density at radius 1 is 1.47 bits per heavy atom. The van der Waals surface area contributed by atoms with Crippen molar-refractivity contribution in [2.45, 2.75) is 45.1 Å². The van der Waals surface area contributed by atoms with E-state index in [1.54, 1.807) is 6.07 Å². The number of nitro groups is 1. The molecule has 1 aromatic carbocycles. The van der Waals surface area contributed by atoms with Gasteiger partial charge in [0.05, 0.1) is 4.92 Å². The van der Waals surface area contributed by atoms with Crippen LogP contribution in [0.4, 0.5) is 17.1 Å². The Hall–Kier alpha value is -1.78. The first-order valence-corrected chi connectivity index (χ1v) is 6.94. The summed E-state index contributed by atoms with van der Waals surface area (Å²) in [4.78, 5) is 12.7. The van der Waals surface area contributed by atoms with Crippen LogP contribution in [-0.4, -0.2) is 17.5 Å². The van der Waals surface area contributed by atoms with E-state index in [9.17, 15) is 10.1 Å². The fraction of sp³-hybridized carbons (Fsp3) is 0.571. The van der Waals surface area contributed by atoms with E-state index in [1.165, 1.54) is 25.3 Å².